The van der Waals surface area contributed by atoms with E-state index >= 15 is 0 Å². The molecule has 0 radical (unpaired) electrons. The monoisotopic (exact) mass is 435 g/mol. The fourth-order valence-corrected chi connectivity index (χ4v) is 3.88. The highest BCUT2D eigenvalue weighted by atomic mass is 35.5. The van der Waals surface area contributed by atoms with Gasteiger partial charge in [-0.2, -0.15) is 0 Å². The number of rotatable bonds is 4. The molecule has 3 aromatic rings. The second-order valence-corrected chi connectivity index (χ2v) is 7.57. The minimum absolute atomic E-state index is 0.246. The maximum atomic E-state index is 12.4. The van der Waals surface area contributed by atoms with Gasteiger partial charge in [0.15, 0.2) is 11.6 Å². The molecule has 0 unspecified atom stereocenters. The summed E-state index contributed by atoms with van der Waals surface area (Å²) in [6.07, 6.45) is 3.20. The Morgan fingerprint density at radius 3 is 2.47 bits per heavy atom. The lowest BCUT2D eigenvalue weighted by Gasteiger charge is -2.10. The number of hydrogen-bond acceptors (Lipinski definition) is 5. The van der Waals surface area contributed by atoms with Crippen LogP contribution in [0, 0.1) is 0 Å². The lowest BCUT2D eigenvalue weighted by molar-refractivity contribution is -0.122. The Labute approximate surface area is 180 Å². The van der Waals surface area contributed by atoms with E-state index in [1.54, 1.807) is 12.1 Å². The molecule has 30 heavy (non-hydrogen) atoms. The number of hydrogen-bond donors (Lipinski definition) is 1. The molecule has 1 heterocycles. The number of thiazole rings is 1. The van der Waals surface area contributed by atoms with Crippen molar-refractivity contribution in [3.05, 3.63) is 93.6 Å². The number of allylic oxidation sites excluding steroid dienone is 3. The van der Waals surface area contributed by atoms with E-state index in [1.807, 2.05) is 52.4 Å². The number of aromatic nitrogens is 1. The molecular weight excluding hydrogens is 422 g/mol. The summed E-state index contributed by atoms with van der Waals surface area (Å²) in [5.74, 6) is -1.70. The van der Waals surface area contributed by atoms with Gasteiger partial charge in [-0.3, -0.25) is 19.0 Å². The van der Waals surface area contributed by atoms with Gasteiger partial charge in [0.1, 0.15) is 0 Å². The molecule has 0 saturated carbocycles. The first-order valence-corrected chi connectivity index (χ1v) is 10.1. The van der Waals surface area contributed by atoms with Gasteiger partial charge in [0.2, 0.25) is 4.80 Å². The van der Waals surface area contributed by atoms with Crippen molar-refractivity contribution in [2.75, 3.05) is 0 Å². The van der Waals surface area contributed by atoms with E-state index in [2.05, 4.69) is 10.5 Å². The highest BCUT2D eigenvalue weighted by Crippen LogP contribution is 2.24. The van der Waals surface area contributed by atoms with Crippen LogP contribution in [0.1, 0.15) is 0 Å². The average molecular weight is 436 g/mol. The molecule has 0 aliphatic heterocycles. The Morgan fingerprint density at radius 2 is 1.73 bits per heavy atom. The Hall–Kier alpha value is -3.55. The predicted molar refractivity (Wildman–Crippen MR) is 115 cm³/mol. The van der Waals surface area contributed by atoms with Crippen molar-refractivity contribution in [2.24, 2.45) is 5.10 Å². The van der Waals surface area contributed by atoms with Crippen molar-refractivity contribution < 1.29 is 14.4 Å². The third kappa shape index (κ3) is 4.07. The predicted octanol–water partition coefficient (Wildman–Crippen LogP) is 3.43. The van der Waals surface area contributed by atoms with Crippen molar-refractivity contribution in [3.63, 3.8) is 0 Å². The van der Waals surface area contributed by atoms with E-state index in [0.717, 1.165) is 35.2 Å². The number of nitrogens with zero attached hydrogens (tertiary/aromatic N) is 2. The fourth-order valence-electron chi connectivity index (χ4n) is 2.88. The van der Waals surface area contributed by atoms with Crippen molar-refractivity contribution in [2.45, 2.75) is 0 Å². The van der Waals surface area contributed by atoms with Gasteiger partial charge < -0.3 is 0 Å². The summed E-state index contributed by atoms with van der Waals surface area (Å²) in [7, 11) is 0. The molecule has 148 valence electrons. The van der Waals surface area contributed by atoms with Gasteiger partial charge in [0.05, 0.1) is 11.3 Å². The van der Waals surface area contributed by atoms with Crippen LogP contribution >= 0.6 is 22.9 Å². The smallest absolute Gasteiger partial charge is 0.275 e. The van der Waals surface area contributed by atoms with Gasteiger partial charge in [-0.05, 0) is 42.0 Å². The minimum Gasteiger partial charge on any atom is -0.290 e. The molecule has 1 aliphatic carbocycles. The van der Waals surface area contributed by atoms with Crippen molar-refractivity contribution >= 4 is 40.4 Å². The van der Waals surface area contributed by atoms with Crippen LogP contribution in [-0.4, -0.2) is 22.0 Å². The first kappa shape index (κ1) is 19.8. The van der Waals surface area contributed by atoms with Gasteiger partial charge >= 0.3 is 0 Å². The summed E-state index contributed by atoms with van der Waals surface area (Å²) in [5, 5.41) is 6.73. The molecule has 0 spiro atoms. The van der Waals surface area contributed by atoms with Crippen LogP contribution in [0.5, 0.6) is 0 Å². The van der Waals surface area contributed by atoms with Gasteiger partial charge in [-0.1, -0.05) is 41.9 Å². The molecule has 0 bridgehead atoms. The zero-order chi connectivity index (χ0) is 21.1. The number of benzene rings is 2. The highest BCUT2D eigenvalue weighted by molar-refractivity contribution is 7.07. The summed E-state index contributed by atoms with van der Waals surface area (Å²) >= 11 is 7.35. The average Bonchev–Trinajstić information content (AvgIpc) is 3.19. The number of nitrogens with one attached hydrogen (secondary N) is 1. The first-order chi connectivity index (χ1) is 14.5. The number of ketones is 2. The second kappa shape index (κ2) is 8.44. The maximum absolute atomic E-state index is 12.4. The molecule has 8 heteroatoms. The lowest BCUT2D eigenvalue weighted by atomic mass is 10.0. The quantitative estimate of drug-likeness (QED) is 0.387. The van der Waals surface area contributed by atoms with Crippen LogP contribution in [0.4, 0.5) is 0 Å². The Kier molecular flexibility index (Phi) is 5.56. The molecule has 0 atom stereocenters. The molecule has 0 saturated heterocycles. The normalized spacial score (nSPS) is 14.0. The number of halogens is 1. The van der Waals surface area contributed by atoms with Gasteiger partial charge in [0, 0.05) is 22.2 Å². The molecule has 0 fully saturated rings. The van der Waals surface area contributed by atoms with E-state index in [1.165, 1.54) is 11.3 Å². The maximum Gasteiger partial charge on any atom is 0.275 e. The Morgan fingerprint density at radius 1 is 1.00 bits per heavy atom. The lowest BCUT2D eigenvalue weighted by Crippen LogP contribution is -2.29. The minimum atomic E-state index is -0.741. The molecule has 1 amide bonds. The third-order valence-corrected chi connectivity index (χ3v) is 5.39. The van der Waals surface area contributed by atoms with Crippen LogP contribution in [0.15, 0.2) is 88.9 Å². The highest BCUT2D eigenvalue weighted by Gasteiger charge is 2.20. The van der Waals surface area contributed by atoms with Gasteiger partial charge in [-0.25, -0.2) is 5.43 Å². The summed E-state index contributed by atoms with van der Waals surface area (Å²) in [5.41, 5.74) is 4.79. The van der Waals surface area contributed by atoms with Crippen molar-refractivity contribution in [3.8, 4) is 16.9 Å². The topological polar surface area (TPSA) is 80.5 Å². The summed E-state index contributed by atoms with van der Waals surface area (Å²) < 4.78 is 1.87. The summed E-state index contributed by atoms with van der Waals surface area (Å²) in [6, 6.07) is 17.0. The third-order valence-electron chi connectivity index (χ3n) is 4.31. The number of carbonyl (C=O) groups is 3. The van der Waals surface area contributed by atoms with Crippen molar-refractivity contribution in [1.29, 1.82) is 0 Å². The van der Waals surface area contributed by atoms with Gasteiger partial charge in [0.25, 0.3) is 5.91 Å². The van der Waals surface area contributed by atoms with E-state index < -0.39 is 17.5 Å². The van der Waals surface area contributed by atoms with Crippen LogP contribution in [0.25, 0.3) is 16.9 Å². The van der Waals surface area contributed by atoms with Crippen LogP contribution in [-0.2, 0) is 14.4 Å². The fraction of sp³-hybridized carbons (Fsp3) is 0. The van der Waals surface area contributed by atoms with Gasteiger partial charge in [-0.15, -0.1) is 16.4 Å². The van der Waals surface area contributed by atoms with E-state index in [-0.39, 0.29) is 5.57 Å². The molecule has 1 aromatic heterocycles. The summed E-state index contributed by atoms with van der Waals surface area (Å²) in [4.78, 5) is 36.2. The van der Waals surface area contributed by atoms with E-state index in [0.29, 0.717) is 9.82 Å². The van der Waals surface area contributed by atoms with E-state index in [9.17, 15) is 14.4 Å². The Bertz CT molecular complexity index is 1270. The molecule has 1 N–H and O–H groups in total. The molecule has 1 aliphatic rings. The standard InChI is InChI=1S/C22H14ClN3O3S/c23-15-6-8-16(9-7-15)26-19(14-4-2-1-3-5-14)13-30-22(26)25-24-21(29)18-12-17(27)10-11-20(18)28/h1-13H,(H,24,29)/b25-22+. The zero-order valence-corrected chi connectivity index (χ0v) is 17.0. The second-order valence-electron chi connectivity index (χ2n) is 6.29. The number of amides is 1. The SMILES string of the molecule is O=C1C=CC(=O)C(C(=O)N/N=c2/scc(-c3ccccc3)n2-c2ccc(Cl)cc2)=C1. The van der Waals surface area contributed by atoms with Crippen LogP contribution < -0.4 is 10.2 Å². The molecule has 2 aromatic carbocycles. The Balaban J connectivity index is 1.75. The van der Waals surface area contributed by atoms with E-state index in [4.69, 9.17) is 11.6 Å². The van der Waals surface area contributed by atoms with Crippen molar-refractivity contribution in [1.82, 2.24) is 9.99 Å². The first-order valence-electron chi connectivity index (χ1n) is 8.87. The largest absolute Gasteiger partial charge is 0.290 e. The zero-order valence-electron chi connectivity index (χ0n) is 15.4. The van der Waals surface area contributed by atoms with Crippen LogP contribution in [0.2, 0.25) is 5.02 Å². The molecular formula is C22H14ClN3O3S. The molecule has 6 nitrogen and oxygen atoms in total. The molecule has 4 rings (SSSR count). The van der Waals surface area contributed by atoms with Crippen LogP contribution in [0.3, 0.4) is 0 Å². The number of carbonyl (C=O) groups excluding carboxylic acids is 3. The summed E-state index contributed by atoms with van der Waals surface area (Å²) in [6.45, 7) is 0.